The number of pyridine rings is 1. The van der Waals surface area contributed by atoms with Crippen LogP contribution in [-0.4, -0.2) is 57.9 Å². The molecule has 2 aromatic heterocycles. The summed E-state index contributed by atoms with van der Waals surface area (Å²) in [6.07, 6.45) is 1.20. The van der Waals surface area contributed by atoms with E-state index in [1.54, 1.807) is 11.8 Å². The first-order valence-corrected chi connectivity index (χ1v) is 8.74. The molecule has 2 atom stereocenters. The van der Waals surface area contributed by atoms with E-state index in [2.05, 4.69) is 21.5 Å². The molecule has 1 N–H and O–H groups in total. The van der Waals surface area contributed by atoms with Crippen molar-refractivity contribution in [2.45, 2.75) is 38.8 Å². The third-order valence-electron chi connectivity index (χ3n) is 4.88. The van der Waals surface area contributed by atoms with Gasteiger partial charge in [-0.1, -0.05) is 0 Å². The molecule has 3 heterocycles. The van der Waals surface area contributed by atoms with E-state index in [1.165, 1.54) is 0 Å². The number of hydrogen-bond donors (Lipinski definition) is 1. The minimum Gasteiger partial charge on any atom is -0.384 e. The number of fused-ring (bicyclic) bond motifs is 1. The van der Waals surface area contributed by atoms with Crippen molar-refractivity contribution in [3.8, 4) is 6.07 Å². The molecule has 0 aliphatic carbocycles. The lowest BCUT2D eigenvalue weighted by molar-refractivity contribution is -0.132. The number of nitriles is 1. The van der Waals surface area contributed by atoms with Crippen LogP contribution >= 0.6 is 0 Å². The fourth-order valence-corrected chi connectivity index (χ4v) is 3.55. The molecule has 8 heteroatoms. The summed E-state index contributed by atoms with van der Waals surface area (Å²) in [5.41, 5.74) is 2.08. The molecule has 1 aliphatic heterocycles. The van der Waals surface area contributed by atoms with Gasteiger partial charge in [0.15, 0.2) is 5.65 Å². The molecule has 26 heavy (non-hydrogen) atoms. The van der Waals surface area contributed by atoms with Gasteiger partial charge >= 0.3 is 0 Å². The van der Waals surface area contributed by atoms with Crippen LogP contribution in [0.1, 0.15) is 31.0 Å². The zero-order valence-electron chi connectivity index (χ0n) is 15.6. The molecular formula is C18H24N6O2. The number of rotatable bonds is 5. The third kappa shape index (κ3) is 3.35. The molecule has 1 fully saturated rings. The van der Waals surface area contributed by atoms with Crippen LogP contribution in [0.4, 0.5) is 5.82 Å². The summed E-state index contributed by atoms with van der Waals surface area (Å²) >= 11 is 0. The number of hydrogen-bond acceptors (Lipinski definition) is 6. The second-order valence-corrected chi connectivity index (χ2v) is 6.79. The van der Waals surface area contributed by atoms with Gasteiger partial charge in [-0.3, -0.25) is 9.48 Å². The number of nitrogens with zero attached hydrogens (tertiary/aromatic N) is 5. The van der Waals surface area contributed by atoms with Crippen molar-refractivity contribution in [2.24, 2.45) is 7.05 Å². The van der Waals surface area contributed by atoms with Crippen LogP contribution in [0.3, 0.4) is 0 Å². The van der Waals surface area contributed by atoms with Crippen molar-refractivity contribution in [3.63, 3.8) is 0 Å². The number of aryl methyl sites for hydroxylation is 2. The van der Waals surface area contributed by atoms with Crippen molar-refractivity contribution in [1.82, 2.24) is 19.7 Å². The first-order chi connectivity index (χ1) is 12.4. The van der Waals surface area contributed by atoms with E-state index in [0.717, 1.165) is 23.1 Å². The third-order valence-corrected chi connectivity index (χ3v) is 4.88. The number of ether oxygens (including phenoxy) is 1. The number of methoxy groups -OCH3 is 1. The van der Waals surface area contributed by atoms with Gasteiger partial charge < -0.3 is 15.0 Å². The lowest BCUT2D eigenvalue weighted by Gasteiger charge is -2.21. The Morgan fingerprint density at radius 2 is 2.31 bits per heavy atom. The first kappa shape index (κ1) is 18.1. The Bertz CT molecular complexity index is 869. The molecule has 0 saturated carbocycles. The number of aromatic nitrogens is 3. The SMILES string of the molecule is COCCC(=O)N1CC(Nc2nc3c(cc2C#N)c(C)nn3C)CC1C. The van der Waals surface area contributed by atoms with E-state index >= 15 is 0 Å². The minimum atomic E-state index is 0.0582. The molecule has 2 unspecified atom stereocenters. The van der Waals surface area contributed by atoms with Gasteiger partial charge in [0.2, 0.25) is 5.91 Å². The zero-order chi connectivity index (χ0) is 18.8. The highest BCUT2D eigenvalue weighted by molar-refractivity contribution is 5.82. The maximum absolute atomic E-state index is 12.3. The van der Waals surface area contributed by atoms with Crippen molar-refractivity contribution >= 4 is 22.8 Å². The molecule has 0 bridgehead atoms. The standard InChI is InChI=1S/C18H24N6O2/c1-11-7-14(10-24(11)16(25)5-6-26-4)20-17-13(9-19)8-15-12(2)22-23(3)18(15)21-17/h8,11,14H,5-7,10H2,1-4H3,(H,20,21). The van der Waals surface area contributed by atoms with E-state index < -0.39 is 0 Å². The lowest BCUT2D eigenvalue weighted by atomic mass is 10.1. The van der Waals surface area contributed by atoms with E-state index in [0.29, 0.717) is 31.0 Å². The second kappa shape index (κ2) is 7.30. The molecule has 1 amide bonds. The smallest absolute Gasteiger partial charge is 0.225 e. The molecular weight excluding hydrogens is 332 g/mol. The topological polar surface area (TPSA) is 96.1 Å². The summed E-state index contributed by atoms with van der Waals surface area (Å²) in [4.78, 5) is 18.8. The van der Waals surface area contributed by atoms with Gasteiger partial charge in [0, 0.05) is 38.2 Å². The highest BCUT2D eigenvalue weighted by atomic mass is 16.5. The number of nitrogens with one attached hydrogen (secondary N) is 1. The largest absolute Gasteiger partial charge is 0.384 e. The second-order valence-electron chi connectivity index (χ2n) is 6.79. The maximum atomic E-state index is 12.3. The molecule has 1 saturated heterocycles. The average Bonchev–Trinajstić information content (AvgIpc) is 3.11. The summed E-state index contributed by atoms with van der Waals surface area (Å²) in [5.74, 6) is 0.640. The van der Waals surface area contributed by atoms with Gasteiger partial charge in [0.05, 0.1) is 24.3 Å². The molecule has 2 aromatic rings. The number of anilines is 1. The average molecular weight is 356 g/mol. The summed E-state index contributed by atoms with van der Waals surface area (Å²) in [5, 5.41) is 18.1. The van der Waals surface area contributed by atoms with Gasteiger partial charge in [-0.25, -0.2) is 4.98 Å². The molecule has 3 rings (SSSR count). The van der Waals surface area contributed by atoms with Gasteiger partial charge in [-0.2, -0.15) is 10.4 Å². The Kier molecular flexibility index (Phi) is 5.09. The molecule has 0 aromatic carbocycles. The lowest BCUT2D eigenvalue weighted by Crippen LogP contribution is -2.35. The van der Waals surface area contributed by atoms with E-state index in [-0.39, 0.29) is 18.0 Å². The van der Waals surface area contributed by atoms with Gasteiger partial charge in [0.1, 0.15) is 11.9 Å². The van der Waals surface area contributed by atoms with Crippen molar-refractivity contribution in [2.75, 3.05) is 25.6 Å². The Morgan fingerprint density at radius 1 is 1.54 bits per heavy atom. The van der Waals surface area contributed by atoms with Crippen LogP contribution in [0.2, 0.25) is 0 Å². The van der Waals surface area contributed by atoms with E-state index in [9.17, 15) is 10.1 Å². The molecule has 0 radical (unpaired) electrons. The fraction of sp³-hybridized carbons (Fsp3) is 0.556. The van der Waals surface area contributed by atoms with E-state index in [4.69, 9.17) is 4.74 Å². The van der Waals surface area contributed by atoms with Crippen molar-refractivity contribution in [1.29, 1.82) is 5.26 Å². The summed E-state index contributed by atoms with van der Waals surface area (Å²) in [6.45, 7) is 4.97. The zero-order valence-corrected chi connectivity index (χ0v) is 15.6. The Hall–Kier alpha value is -2.66. The Balaban J connectivity index is 1.80. The van der Waals surface area contributed by atoms with Crippen molar-refractivity contribution < 1.29 is 9.53 Å². The normalized spacial score (nSPS) is 19.7. The summed E-state index contributed by atoms with van der Waals surface area (Å²) in [7, 11) is 3.43. The maximum Gasteiger partial charge on any atom is 0.225 e. The van der Waals surface area contributed by atoms with Gasteiger partial charge in [0.25, 0.3) is 0 Å². The summed E-state index contributed by atoms with van der Waals surface area (Å²) < 4.78 is 6.71. The van der Waals surface area contributed by atoms with Crippen LogP contribution in [0.5, 0.6) is 0 Å². The fourth-order valence-electron chi connectivity index (χ4n) is 3.55. The molecule has 1 aliphatic rings. The van der Waals surface area contributed by atoms with Crippen LogP contribution in [0, 0.1) is 18.3 Å². The van der Waals surface area contributed by atoms with E-state index in [1.807, 2.05) is 31.9 Å². The first-order valence-electron chi connectivity index (χ1n) is 8.74. The van der Waals surface area contributed by atoms with Gasteiger partial charge in [-0.15, -0.1) is 0 Å². The highest BCUT2D eigenvalue weighted by Crippen LogP contribution is 2.26. The Labute approximate surface area is 152 Å². The van der Waals surface area contributed by atoms with Crippen molar-refractivity contribution in [3.05, 3.63) is 17.3 Å². The van der Waals surface area contributed by atoms with Crippen LogP contribution in [0.15, 0.2) is 6.07 Å². The highest BCUT2D eigenvalue weighted by Gasteiger charge is 2.32. The number of amides is 1. The number of carbonyl (C=O) groups is 1. The number of carbonyl (C=O) groups excluding carboxylic acids is 1. The summed E-state index contributed by atoms with van der Waals surface area (Å²) in [6, 6.07) is 4.24. The predicted molar refractivity (Wildman–Crippen MR) is 97.7 cm³/mol. The van der Waals surface area contributed by atoms with Crippen LogP contribution in [0.25, 0.3) is 11.0 Å². The quantitative estimate of drug-likeness (QED) is 0.874. The van der Waals surface area contributed by atoms with Crippen LogP contribution < -0.4 is 5.32 Å². The minimum absolute atomic E-state index is 0.0582. The monoisotopic (exact) mass is 356 g/mol. The predicted octanol–water partition coefficient (Wildman–Crippen LogP) is 1.59. The molecule has 8 nitrogen and oxygen atoms in total. The van der Waals surface area contributed by atoms with Gasteiger partial charge in [-0.05, 0) is 26.3 Å². The molecule has 138 valence electrons. The molecule has 0 spiro atoms. The number of likely N-dealkylation sites (tertiary alicyclic amines) is 1. The van der Waals surface area contributed by atoms with Crippen LogP contribution in [-0.2, 0) is 16.6 Å². The Morgan fingerprint density at radius 3 is 3.00 bits per heavy atom.